The second-order valence-electron chi connectivity index (χ2n) is 6.45. The molecule has 29 heavy (non-hydrogen) atoms. The summed E-state index contributed by atoms with van der Waals surface area (Å²) in [4.78, 5) is 0. The average molecular weight is 381 g/mol. The van der Waals surface area contributed by atoms with Gasteiger partial charge < -0.3 is 10.6 Å². The first-order valence-electron chi connectivity index (χ1n) is 9.47. The van der Waals surface area contributed by atoms with Crippen LogP contribution in [0.2, 0.25) is 0 Å². The normalized spacial score (nSPS) is 12.3. The standard InChI is InChI=1S/C26H25N3/c1-5-28-24-16-10-21(11-17-24)26(20-8-14-23(27-4)15-9-20)22-12-18-25(19-13-22)29(6-2)7-3/h5-19H,1-3H2,4H3,(H,27,28)/p+1. The van der Waals surface area contributed by atoms with Gasteiger partial charge in [-0.2, -0.15) is 4.58 Å². The van der Waals surface area contributed by atoms with Crippen molar-refractivity contribution in [3.8, 4) is 0 Å². The zero-order chi connectivity index (χ0) is 20.6. The van der Waals surface area contributed by atoms with Crippen LogP contribution in [0.1, 0.15) is 11.1 Å². The molecule has 1 aliphatic rings. The van der Waals surface area contributed by atoms with Crippen molar-refractivity contribution in [2.45, 2.75) is 0 Å². The minimum absolute atomic E-state index is 1.01. The Kier molecular flexibility index (Phi) is 6.43. The van der Waals surface area contributed by atoms with Gasteiger partial charge in [0, 0.05) is 30.6 Å². The molecule has 0 bridgehead atoms. The van der Waals surface area contributed by atoms with E-state index < -0.39 is 0 Å². The van der Waals surface area contributed by atoms with Crippen LogP contribution < -0.4 is 10.6 Å². The van der Waals surface area contributed by atoms with Gasteiger partial charge in [-0.1, -0.05) is 30.8 Å². The van der Waals surface area contributed by atoms with Crippen molar-refractivity contribution in [3.05, 3.63) is 128 Å². The Balaban J connectivity index is 2.11. The highest BCUT2D eigenvalue weighted by Crippen LogP contribution is 2.31. The summed E-state index contributed by atoms with van der Waals surface area (Å²) in [6, 6.07) is 16.8. The van der Waals surface area contributed by atoms with E-state index in [1.54, 1.807) is 18.6 Å². The average Bonchev–Trinajstić information content (AvgIpc) is 2.78. The Bertz CT molecular complexity index is 1000. The van der Waals surface area contributed by atoms with E-state index in [0.29, 0.717) is 0 Å². The van der Waals surface area contributed by atoms with Crippen molar-refractivity contribution in [2.75, 3.05) is 17.7 Å². The van der Waals surface area contributed by atoms with Crippen molar-refractivity contribution in [1.82, 2.24) is 0 Å². The number of anilines is 2. The summed E-state index contributed by atoms with van der Waals surface area (Å²) < 4.78 is 1.89. The number of nitrogens with one attached hydrogen (secondary N) is 2. The van der Waals surface area contributed by atoms with Gasteiger partial charge in [-0.25, -0.2) is 0 Å². The quantitative estimate of drug-likeness (QED) is 0.581. The SMILES string of the molecule is C=CNc1ccc(C(=C2C=CC(=[N+](C=C)C=C)C=C2)c2ccc(NC)cc2)cc1. The van der Waals surface area contributed by atoms with Crippen molar-refractivity contribution in [3.63, 3.8) is 0 Å². The lowest BCUT2D eigenvalue weighted by molar-refractivity contribution is -0.374. The molecule has 0 unspecified atom stereocenters. The molecule has 0 radical (unpaired) electrons. The third kappa shape index (κ3) is 4.53. The summed E-state index contributed by atoms with van der Waals surface area (Å²) in [6.07, 6.45) is 13.6. The molecule has 2 N–H and O–H groups in total. The first-order valence-corrected chi connectivity index (χ1v) is 9.47. The number of benzene rings is 2. The van der Waals surface area contributed by atoms with E-state index in [1.807, 2.05) is 11.6 Å². The largest absolute Gasteiger partial charge is 0.388 e. The van der Waals surface area contributed by atoms with Gasteiger partial charge in [0.05, 0.1) is 0 Å². The monoisotopic (exact) mass is 380 g/mol. The summed E-state index contributed by atoms with van der Waals surface area (Å²) in [5.74, 6) is 0. The molecule has 3 rings (SSSR count). The molecule has 1 aliphatic carbocycles. The number of nitrogens with zero attached hydrogens (tertiary/aromatic N) is 1. The van der Waals surface area contributed by atoms with Crippen molar-refractivity contribution in [2.24, 2.45) is 0 Å². The number of hydrogen-bond acceptors (Lipinski definition) is 2. The Labute approximate surface area is 173 Å². The lowest BCUT2D eigenvalue weighted by Gasteiger charge is -2.15. The van der Waals surface area contributed by atoms with Crippen LogP contribution in [0.4, 0.5) is 11.4 Å². The van der Waals surface area contributed by atoms with Crippen LogP contribution >= 0.6 is 0 Å². The van der Waals surface area contributed by atoms with Gasteiger partial charge in [-0.15, -0.1) is 0 Å². The Morgan fingerprint density at radius 1 is 0.759 bits per heavy atom. The third-order valence-electron chi connectivity index (χ3n) is 4.75. The maximum Gasteiger partial charge on any atom is 0.210 e. The molecule has 2 aromatic rings. The number of rotatable bonds is 7. The van der Waals surface area contributed by atoms with Gasteiger partial charge in [0.25, 0.3) is 0 Å². The molecule has 0 aliphatic heterocycles. The predicted octanol–water partition coefficient (Wildman–Crippen LogP) is 5.95. The van der Waals surface area contributed by atoms with Crippen LogP contribution in [0.15, 0.2) is 117 Å². The maximum atomic E-state index is 3.83. The molecule has 0 atom stereocenters. The fourth-order valence-corrected chi connectivity index (χ4v) is 3.24. The van der Waals surface area contributed by atoms with Gasteiger partial charge in [0.1, 0.15) is 0 Å². The summed E-state index contributed by atoms with van der Waals surface area (Å²) in [5, 5.41) is 6.30. The summed E-state index contributed by atoms with van der Waals surface area (Å²) in [7, 11) is 1.93. The molecule has 0 aromatic heterocycles. The smallest absolute Gasteiger partial charge is 0.210 e. The molecule has 144 valence electrons. The minimum atomic E-state index is 1.01. The van der Waals surface area contributed by atoms with Crippen LogP contribution in [0.3, 0.4) is 0 Å². The highest BCUT2D eigenvalue weighted by Gasteiger charge is 2.14. The number of hydrogen-bond donors (Lipinski definition) is 2. The predicted molar refractivity (Wildman–Crippen MR) is 126 cm³/mol. The minimum Gasteiger partial charge on any atom is -0.388 e. The van der Waals surface area contributed by atoms with Crippen LogP contribution in [0.25, 0.3) is 5.57 Å². The fourth-order valence-electron chi connectivity index (χ4n) is 3.24. The van der Waals surface area contributed by atoms with E-state index in [9.17, 15) is 0 Å². The van der Waals surface area contributed by atoms with Crippen molar-refractivity contribution >= 4 is 22.7 Å². The van der Waals surface area contributed by atoms with E-state index in [1.165, 1.54) is 5.57 Å². The zero-order valence-electron chi connectivity index (χ0n) is 16.7. The molecule has 0 saturated heterocycles. The summed E-state index contributed by atoms with van der Waals surface area (Å²) in [5.41, 5.74) is 7.74. The van der Waals surface area contributed by atoms with Crippen LogP contribution in [-0.4, -0.2) is 17.3 Å². The van der Waals surface area contributed by atoms with E-state index in [0.717, 1.165) is 33.8 Å². The summed E-state index contributed by atoms with van der Waals surface area (Å²) in [6.45, 7) is 11.4. The van der Waals surface area contributed by atoms with Gasteiger partial charge in [0.15, 0.2) is 12.4 Å². The molecule has 0 fully saturated rings. The molecule has 3 nitrogen and oxygen atoms in total. The Morgan fingerprint density at radius 2 is 1.28 bits per heavy atom. The number of allylic oxidation sites excluding steroid dienone is 5. The molecule has 3 heteroatoms. The molecule has 0 amide bonds. The van der Waals surface area contributed by atoms with Gasteiger partial charge in [-0.3, -0.25) is 0 Å². The molecular formula is C26H26N3+. The second-order valence-corrected chi connectivity index (χ2v) is 6.45. The third-order valence-corrected chi connectivity index (χ3v) is 4.75. The van der Waals surface area contributed by atoms with Crippen LogP contribution in [0, 0.1) is 0 Å². The summed E-state index contributed by atoms with van der Waals surface area (Å²) >= 11 is 0. The highest BCUT2D eigenvalue weighted by molar-refractivity contribution is 6.04. The first-order chi connectivity index (χ1) is 14.2. The van der Waals surface area contributed by atoms with Gasteiger partial charge in [0.2, 0.25) is 5.71 Å². The lowest BCUT2D eigenvalue weighted by Crippen LogP contribution is -2.08. The van der Waals surface area contributed by atoms with E-state index in [4.69, 9.17) is 0 Å². The van der Waals surface area contributed by atoms with Crippen LogP contribution in [-0.2, 0) is 0 Å². The first kappa shape index (κ1) is 19.9. The highest BCUT2D eigenvalue weighted by atomic mass is 15.0. The Hall–Kier alpha value is -3.85. The topological polar surface area (TPSA) is 27.1 Å². The van der Waals surface area contributed by atoms with Crippen LogP contribution in [0.5, 0.6) is 0 Å². The van der Waals surface area contributed by atoms with E-state index in [2.05, 4.69) is 103 Å². The Morgan fingerprint density at radius 3 is 1.72 bits per heavy atom. The van der Waals surface area contributed by atoms with E-state index in [-0.39, 0.29) is 0 Å². The zero-order valence-corrected chi connectivity index (χ0v) is 16.7. The molecule has 2 aromatic carbocycles. The maximum absolute atomic E-state index is 3.83. The van der Waals surface area contributed by atoms with Crippen molar-refractivity contribution < 1.29 is 4.58 Å². The van der Waals surface area contributed by atoms with Gasteiger partial charge >= 0.3 is 0 Å². The fraction of sp³-hybridized carbons (Fsp3) is 0.0385. The molecular weight excluding hydrogens is 354 g/mol. The van der Waals surface area contributed by atoms with Gasteiger partial charge in [-0.05, 0) is 78.0 Å². The molecule has 0 saturated carbocycles. The van der Waals surface area contributed by atoms with E-state index >= 15 is 0 Å². The molecule has 0 heterocycles. The second kappa shape index (κ2) is 9.38. The van der Waals surface area contributed by atoms with Crippen molar-refractivity contribution in [1.29, 1.82) is 0 Å². The lowest BCUT2D eigenvalue weighted by atomic mass is 9.90. The molecule has 0 spiro atoms.